The second-order valence-corrected chi connectivity index (χ2v) is 3.74. The maximum atomic E-state index is 11.3. The van der Waals surface area contributed by atoms with Gasteiger partial charge < -0.3 is 5.73 Å². The van der Waals surface area contributed by atoms with Crippen molar-refractivity contribution in [2.75, 3.05) is 0 Å². The third-order valence-corrected chi connectivity index (χ3v) is 2.24. The Labute approximate surface area is 105 Å². The predicted octanol–water partition coefficient (Wildman–Crippen LogP) is 0.314. The van der Waals surface area contributed by atoms with Crippen LogP contribution in [0, 0.1) is 0 Å². The lowest BCUT2D eigenvalue weighted by molar-refractivity contribution is -0.112. The molecule has 17 heavy (non-hydrogen) atoms. The summed E-state index contributed by atoms with van der Waals surface area (Å²) in [7, 11) is 0. The van der Waals surface area contributed by atoms with Crippen LogP contribution in [0.3, 0.4) is 0 Å². The average molecular weight is 295 g/mol. The molecule has 0 fully saturated rings. The van der Waals surface area contributed by atoms with E-state index < -0.39 is 5.91 Å². The van der Waals surface area contributed by atoms with Crippen molar-refractivity contribution in [3.05, 3.63) is 35.3 Å². The van der Waals surface area contributed by atoms with Crippen molar-refractivity contribution in [3.63, 3.8) is 0 Å². The number of nitrogens with zero attached hydrogens (tertiary/aromatic N) is 5. The number of hydrogen-bond donors (Lipinski definition) is 1. The summed E-state index contributed by atoms with van der Waals surface area (Å²) < 4.78 is 1.79. The van der Waals surface area contributed by atoms with Crippen LogP contribution in [0.2, 0.25) is 0 Å². The average Bonchev–Trinajstić information content (AvgIpc) is 2.73. The van der Waals surface area contributed by atoms with E-state index in [9.17, 15) is 4.79 Å². The number of nitrogens with two attached hydrogens (primary N) is 1. The van der Waals surface area contributed by atoms with E-state index in [2.05, 4.69) is 36.0 Å². The van der Waals surface area contributed by atoms with Crippen molar-refractivity contribution in [2.24, 2.45) is 5.73 Å². The van der Waals surface area contributed by atoms with Gasteiger partial charge in [0, 0.05) is 24.2 Å². The van der Waals surface area contributed by atoms with Crippen LogP contribution in [-0.4, -0.2) is 30.6 Å². The molecule has 2 rings (SSSR count). The highest BCUT2D eigenvalue weighted by molar-refractivity contribution is 9.10. The third-order valence-electron chi connectivity index (χ3n) is 1.88. The number of amides is 1. The van der Waals surface area contributed by atoms with E-state index in [1.54, 1.807) is 0 Å². The molecule has 0 unspecified atom stereocenters. The van der Waals surface area contributed by atoms with E-state index in [4.69, 9.17) is 5.73 Å². The molecule has 86 valence electrons. The molecule has 2 aromatic rings. The number of carbonyl (C=O) groups is 1. The van der Waals surface area contributed by atoms with Gasteiger partial charge in [0.15, 0.2) is 0 Å². The second-order valence-electron chi connectivity index (χ2n) is 3.03. The lowest BCUT2D eigenvalue weighted by Crippen LogP contribution is -2.14. The van der Waals surface area contributed by atoms with E-state index in [1.807, 2.05) is 0 Å². The normalized spacial score (nSPS) is 11.5. The van der Waals surface area contributed by atoms with Crippen LogP contribution in [-0.2, 0) is 4.79 Å². The molecule has 0 aromatic carbocycles. The van der Waals surface area contributed by atoms with Crippen LogP contribution in [0.15, 0.2) is 29.8 Å². The first kappa shape index (κ1) is 11.4. The van der Waals surface area contributed by atoms with Gasteiger partial charge in [-0.05, 0) is 15.9 Å². The van der Waals surface area contributed by atoms with E-state index in [-0.39, 0.29) is 5.57 Å². The van der Waals surface area contributed by atoms with Crippen LogP contribution >= 0.6 is 15.9 Å². The van der Waals surface area contributed by atoms with Crippen molar-refractivity contribution in [1.82, 2.24) is 24.7 Å². The molecule has 0 aliphatic rings. The quantitative estimate of drug-likeness (QED) is 0.822. The highest BCUT2D eigenvalue weighted by atomic mass is 79.9. The molecular formula is C9H7BrN6O. The lowest BCUT2D eigenvalue weighted by atomic mass is 10.1. The Kier molecular flexibility index (Phi) is 3.24. The van der Waals surface area contributed by atoms with Gasteiger partial charge in [-0.2, -0.15) is 0 Å². The summed E-state index contributed by atoms with van der Waals surface area (Å²) in [5.41, 5.74) is 6.06. The molecule has 0 aliphatic heterocycles. The van der Waals surface area contributed by atoms with Crippen LogP contribution in [0.25, 0.3) is 11.8 Å². The first-order valence-electron chi connectivity index (χ1n) is 4.50. The Bertz CT molecular complexity index is 564. The third kappa shape index (κ3) is 2.72. The summed E-state index contributed by atoms with van der Waals surface area (Å²) in [5, 5.41) is 3.96. The number of halogens is 1. The Morgan fingerprint density at radius 1 is 1.41 bits per heavy atom. The summed E-state index contributed by atoms with van der Waals surface area (Å²) in [5.74, 6) is -0.591. The van der Waals surface area contributed by atoms with Crippen molar-refractivity contribution in [3.8, 4) is 0 Å². The van der Waals surface area contributed by atoms with Crippen LogP contribution < -0.4 is 5.73 Å². The first-order valence-corrected chi connectivity index (χ1v) is 5.30. The Morgan fingerprint density at radius 2 is 2.12 bits per heavy atom. The van der Waals surface area contributed by atoms with Gasteiger partial charge in [-0.25, -0.2) is 19.6 Å². The fourth-order valence-electron chi connectivity index (χ4n) is 1.17. The molecule has 8 heteroatoms. The van der Waals surface area contributed by atoms with Crippen LogP contribution in [0.4, 0.5) is 0 Å². The highest BCUT2D eigenvalue weighted by Gasteiger charge is 2.09. The molecule has 0 bridgehead atoms. The maximum Gasteiger partial charge on any atom is 0.250 e. The minimum Gasteiger partial charge on any atom is -0.366 e. The molecule has 1 amide bonds. The largest absolute Gasteiger partial charge is 0.366 e. The minimum absolute atomic E-state index is 0.253. The molecule has 0 radical (unpaired) electrons. The van der Waals surface area contributed by atoms with Crippen molar-refractivity contribution < 1.29 is 4.79 Å². The molecule has 0 spiro atoms. The molecule has 0 saturated heterocycles. The first-order chi connectivity index (χ1) is 8.16. The lowest BCUT2D eigenvalue weighted by Gasteiger charge is -2.01. The number of rotatable bonds is 3. The summed E-state index contributed by atoms with van der Waals surface area (Å²) in [6.07, 6.45) is 7.26. The van der Waals surface area contributed by atoms with Crippen LogP contribution in [0.5, 0.6) is 0 Å². The van der Waals surface area contributed by atoms with Crippen molar-refractivity contribution >= 4 is 33.6 Å². The van der Waals surface area contributed by atoms with E-state index >= 15 is 0 Å². The molecule has 7 nitrogen and oxygen atoms in total. The van der Waals surface area contributed by atoms with Crippen molar-refractivity contribution in [1.29, 1.82) is 0 Å². The van der Waals surface area contributed by atoms with E-state index in [1.165, 1.54) is 35.9 Å². The maximum absolute atomic E-state index is 11.3. The Hall–Kier alpha value is -2.09. The highest BCUT2D eigenvalue weighted by Crippen LogP contribution is 2.12. The zero-order valence-corrected chi connectivity index (χ0v) is 10.1. The zero-order valence-electron chi connectivity index (χ0n) is 8.49. The molecule has 2 N–H and O–H groups in total. The molecule has 0 saturated carbocycles. The topological polar surface area (TPSA) is 99.6 Å². The van der Waals surface area contributed by atoms with Gasteiger partial charge in [0.1, 0.15) is 12.7 Å². The fraction of sp³-hybridized carbons (Fsp3) is 0. The van der Waals surface area contributed by atoms with Gasteiger partial charge in [-0.15, -0.1) is 5.10 Å². The van der Waals surface area contributed by atoms with Gasteiger partial charge in [-0.1, -0.05) is 0 Å². The smallest absolute Gasteiger partial charge is 0.250 e. The zero-order chi connectivity index (χ0) is 12.3. The fourth-order valence-corrected chi connectivity index (χ4v) is 1.44. The molecule has 0 atom stereocenters. The Morgan fingerprint density at radius 3 is 2.65 bits per heavy atom. The van der Waals surface area contributed by atoms with Crippen LogP contribution in [0.1, 0.15) is 5.56 Å². The molecule has 2 aromatic heterocycles. The minimum atomic E-state index is -0.591. The van der Waals surface area contributed by atoms with Gasteiger partial charge in [0.2, 0.25) is 4.73 Å². The van der Waals surface area contributed by atoms with Crippen molar-refractivity contribution in [2.45, 2.75) is 0 Å². The number of carbonyl (C=O) groups excluding carboxylic acids is 1. The predicted molar refractivity (Wildman–Crippen MR) is 63.1 cm³/mol. The summed E-state index contributed by atoms with van der Waals surface area (Å²) >= 11 is 3.10. The van der Waals surface area contributed by atoms with E-state index in [0.29, 0.717) is 10.3 Å². The van der Waals surface area contributed by atoms with Gasteiger partial charge >= 0.3 is 0 Å². The summed E-state index contributed by atoms with van der Waals surface area (Å²) in [4.78, 5) is 22.8. The van der Waals surface area contributed by atoms with Gasteiger partial charge in [-0.3, -0.25) is 4.79 Å². The molecule has 2 heterocycles. The molecule has 0 aliphatic carbocycles. The monoisotopic (exact) mass is 294 g/mol. The number of aromatic nitrogens is 5. The van der Waals surface area contributed by atoms with Gasteiger partial charge in [0.05, 0.1) is 5.57 Å². The second kappa shape index (κ2) is 4.83. The summed E-state index contributed by atoms with van der Waals surface area (Å²) in [6, 6.07) is 0. The number of hydrogen-bond acceptors (Lipinski definition) is 5. The molecular weight excluding hydrogens is 288 g/mol. The van der Waals surface area contributed by atoms with Gasteiger partial charge in [0.25, 0.3) is 5.91 Å². The standard InChI is InChI=1S/C9H7BrN6O/c10-9-14-5-16(15-9)3-7(8(11)17)6-1-12-4-13-2-6/h1-5H,(H2,11,17)/b7-3+. The summed E-state index contributed by atoms with van der Waals surface area (Å²) in [6.45, 7) is 0. The van der Waals surface area contributed by atoms with E-state index in [0.717, 1.165) is 0 Å². The SMILES string of the molecule is NC(=O)/C(=C/n1cnc(Br)n1)c1cncnc1. The number of primary amides is 1. The Balaban J connectivity index is 2.43.